The first-order valence-electron chi connectivity index (χ1n) is 12.1. The number of hydrogen-bond acceptors (Lipinski definition) is 6. The van der Waals surface area contributed by atoms with Crippen LogP contribution in [0.5, 0.6) is 0 Å². The van der Waals surface area contributed by atoms with Gasteiger partial charge in [-0.15, -0.1) is 0 Å². The summed E-state index contributed by atoms with van der Waals surface area (Å²) in [6, 6.07) is 4.39. The molecule has 2 N–H and O–H groups in total. The number of ether oxygens (including phenoxy) is 1. The molecule has 0 bridgehead atoms. The van der Waals surface area contributed by atoms with Gasteiger partial charge in [0.25, 0.3) is 0 Å². The largest absolute Gasteiger partial charge is 0.462 e. The number of anilines is 2. The third-order valence-corrected chi connectivity index (χ3v) is 5.64. The van der Waals surface area contributed by atoms with Gasteiger partial charge in [0.05, 0.1) is 23.4 Å². The highest BCUT2D eigenvalue weighted by Crippen LogP contribution is 2.35. The van der Waals surface area contributed by atoms with E-state index in [1.54, 1.807) is 20.8 Å². The van der Waals surface area contributed by atoms with Crippen LogP contribution in [0.25, 0.3) is 22.3 Å². The predicted molar refractivity (Wildman–Crippen MR) is 140 cm³/mol. The Kier molecular flexibility index (Phi) is 7.95. The first-order chi connectivity index (χ1) is 18.0. The van der Waals surface area contributed by atoms with Gasteiger partial charge in [0.2, 0.25) is 11.8 Å². The summed E-state index contributed by atoms with van der Waals surface area (Å²) in [6.45, 7) is 10.8. The zero-order valence-electron chi connectivity index (χ0n) is 22.6. The second-order valence-electron chi connectivity index (χ2n) is 10.9. The van der Waals surface area contributed by atoms with E-state index in [2.05, 4.69) is 10.6 Å². The van der Waals surface area contributed by atoms with Crippen LogP contribution in [0.1, 0.15) is 58.8 Å². The highest BCUT2D eigenvalue weighted by atomic mass is 19.1. The molecule has 0 saturated carbocycles. The quantitative estimate of drug-likeness (QED) is 0.378. The van der Waals surface area contributed by atoms with Crippen LogP contribution in [0.3, 0.4) is 0 Å². The van der Waals surface area contributed by atoms with Crippen LogP contribution in [0.4, 0.5) is 24.5 Å². The van der Waals surface area contributed by atoms with E-state index in [1.807, 2.05) is 0 Å². The Morgan fingerprint density at radius 1 is 0.897 bits per heavy atom. The molecule has 0 aliphatic rings. The number of amides is 2. The maximum Gasteiger partial charge on any atom is 0.344 e. The number of carbonyl (C=O) groups is 3. The Bertz CT molecular complexity index is 1550. The molecule has 0 unspecified atom stereocenters. The molecule has 3 aromatic rings. The Hall–Kier alpha value is -4.15. The standard InChI is InChI=1S/C28H29F3N2O6/c1-8-38-24(35)19-20(30)22(33-26(37)28(5,6)7)18-16(34)12-17(39-23(18)21(19)31)13-9-10-15(14(29)11-13)32-25(36)27(2,3)4/h9-12H,8H2,1-7H3,(H,32,36)(H,33,37). The molecule has 0 fully saturated rings. The van der Waals surface area contributed by atoms with E-state index in [0.29, 0.717) is 0 Å². The minimum absolute atomic E-state index is 0.0121. The SMILES string of the molecule is CCOC(=O)c1c(F)c(NC(=O)C(C)(C)C)c2c(=O)cc(-c3ccc(NC(=O)C(C)(C)C)c(F)c3)oc2c1F. The molecule has 0 aliphatic carbocycles. The lowest BCUT2D eigenvalue weighted by molar-refractivity contribution is -0.123. The molecular weight excluding hydrogens is 517 g/mol. The normalized spacial score (nSPS) is 11.8. The van der Waals surface area contributed by atoms with Crippen molar-refractivity contribution in [2.24, 2.45) is 10.8 Å². The van der Waals surface area contributed by atoms with Crippen molar-refractivity contribution in [1.29, 1.82) is 0 Å². The fourth-order valence-electron chi connectivity index (χ4n) is 3.35. The average Bonchev–Trinajstić information content (AvgIpc) is 2.81. The molecule has 208 valence electrons. The van der Waals surface area contributed by atoms with Gasteiger partial charge in [0.1, 0.15) is 17.1 Å². The predicted octanol–water partition coefficient (Wildman–Crippen LogP) is 6.02. The molecule has 3 rings (SSSR count). The lowest BCUT2D eigenvalue weighted by atomic mass is 9.95. The maximum absolute atomic E-state index is 15.5. The molecule has 11 heteroatoms. The van der Waals surface area contributed by atoms with Crippen molar-refractivity contribution in [3.8, 4) is 11.3 Å². The molecule has 0 spiro atoms. The van der Waals surface area contributed by atoms with Crippen molar-refractivity contribution in [3.63, 3.8) is 0 Å². The summed E-state index contributed by atoms with van der Waals surface area (Å²) in [5.74, 6) is -6.73. The Morgan fingerprint density at radius 3 is 2.03 bits per heavy atom. The fourth-order valence-corrected chi connectivity index (χ4v) is 3.35. The summed E-state index contributed by atoms with van der Waals surface area (Å²) in [6.07, 6.45) is 0. The van der Waals surface area contributed by atoms with Crippen LogP contribution in [-0.4, -0.2) is 24.4 Å². The van der Waals surface area contributed by atoms with Crippen LogP contribution in [0.15, 0.2) is 33.5 Å². The molecule has 0 atom stereocenters. The van der Waals surface area contributed by atoms with Crippen molar-refractivity contribution in [3.05, 3.63) is 57.5 Å². The van der Waals surface area contributed by atoms with E-state index in [-0.39, 0.29) is 23.6 Å². The average molecular weight is 547 g/mol. The van der Waals surface area contributed by atoms with Gasteiger partial charge in [-0.25, -0.2) is 18.0 Å². The summed E-state index contributed by atoms with van der Waals surface area (Å²) < 4.78 is 56.1. The van der Waals surface area contributed by atoms with E-state index in [4.69, 9.17) is 9.15 Å². The zero-order chi connectivity index (χ0) is 29.4. The summed E-state index contributed by atoms with van der Waals surface area (Å²) in [4.78, 5) is 50.4. The number of halogens is 3. The number of fused-ring (bicyclic) bond motifs is 1. The molecule has 1 aromatic heterocycles. The molecule has 0 radical (unpaired) electrons. The molecular formula is C28H29F3N2O6. The van der Waals surface area contributed by atoms with Crippen molar-refractivity contribution >= 4 is 40.1 Å². The highest BCUT2D eigenvalue weighted by molar-refractivity contribution is 6.06. The van der Waals surface area contributed by atoms with Gasteiger partial charge in [0, 0.05) is 22.5 Å². The molecule has 1 heterocycles. The summed E-state index contributed by atoms with van der Waals surface area (Å²) in [5, 5.41) is 4.05. The smallest absolute Gasteiger partial charge is 0.344 e. The van der Waals surface area contributed by atoms with Gasteiger partial charge in [0.15, 0.2) is 22.6 Å². The van der Waals surface area contributed by atoms with Crippen LogP contribution >= 0.6 is 0 Å². The molecule has 8 nitrogen and oxygen atoms in total. The number of esters is 1. The second kappa shape index (κ2) is 10.5. The van der Waals surface area contributed by atoms with E-state index in [1.165, 1.54) is 39.8 Å². The van der Waals surface area contributed by atoms with Crippen molar-refractivity contribution in [2.75, 3.05) is 17.2 Å². The minimum Gasteiger partial charge on any atom is -0.462 e. The number of nitrogens with one attached hydrogen (secondary N) is 2. The zero-order valence-corrected chi connectivity index (χ0v) is 22.6. The third kappa shape index (κ3) is 5.97. The van der Waals surface area contributed by atoms with Crippen molar-refractivity contribution in [1.82, 2.24) is 0 Å². The lowest BCUT2D eigenvalue weighted by Gasteiger charge is -2.20. The first-order valence-corrected chi connectivity index (χ1v) is 12.1. The number of rotatable bonds is 5. The second-order valence-corrected chi connectivity index (χ2v) is 10.9. The number of carbonyl (C=O) groups excluding carboxylic acids is 3. The first kappa shape index (κ1) is 29.4. The molecule has 0 saturated heterocycles. The van der Waals surface area contributed by atoms with Gasteiger partial charge in [-0.1, -0.05) is 41.5 Å². The van der Waals surface area contributed by atoms with E-state index < -0.39 is 73.7 Å². The lowest BCUT2D eigenvalue weighted by Crippen LogP contribution is -2.29. The Labute approximate surface area is 222 Å². The molecule has 0 aliphatic heterocycles. The topological polar surface area (TPSA) is 115 Å². The van der Waals surface area contributed by atoms with Gasteiger partial charge >= 0.3 is 5.97 Å². The Balaban J connectivity index is 2.25. The van der Waals surface area contributed by atoms with Crippen LogP contribution in [0.2, 0.25) is 0 Å². The van der Waals surface area contributed by atoms with Crippen molar-refractivity contribution < 1.29 is 36.7 Å². The summed E-state index contributed by atoms with van der Waals surface area (Å²) in [7, 11) is 0. The van der Waals surface area contributed by atoms with E-state index >= 15 is 8.78 Å². The number of hydrogen-bond donors (Lipinski definition) is 2. The van der Waals surface area contributed by atoms with Gasteiger partial charge in [-0.2, -0.15) is 0 Å². The van der Waals surface area contributed by atoms with Crippen LogP contribution in [-0.2, 0) is 14.3 Å². The highest BCUT2D eigenvalue weighted by Gasteiger charge is 2.32. The fraction of sp³-hybridized carbons (Fsp3) is 0.357. The summed E-state index contributed by atoms with van der Waals surface area (Å²) in [5.41, 5.74) is -5.69. The van der Waals surface area contributed by atoms with E-state index in [9.17, 15) is 23.6 Å². The Morgan fingerprint density at radius 2 is 1.49 bits per heavy atom. The molecule has 39 heavy (non-hydrogen) atoms. The monoisotopic (exact) mass is 546 g/mol. The number of benzene rings is 2. The third-order valence-electron chi connectivity index (χ3n) is 5.64. The summed E-state index contributed by atoms with van der Waals surface area (Å²) >= 11 is 0. The molecule has 2 amide bonds. The van der Waals surface area contributed by atoms with Crippen LogP contribution in [0, 0.1) is 28.3 Å². The van der Waals surface area contributed by atoms with E-state index in [0.717, 1.165) is 12.1 Å². The maximum atomic E-state index is 15.5. The van der Waals surface area contributed by atoms with Gasteiger partial charge < -0.3 is 19.8 Å². The minimum atomic E-state index is -1.52. The molecule has 2 aromatic carbocycles. The van der Waals surface area contributed by atoms with Crippen molar-refractivity contribution in [2.45, 2.75) is 48.5 Å². The van der Waals surface area contributed by atoms with Crippen LogP contribution < -0.4 is 16.1 Å². The van der Waals surface area contributed by atoms with Gasteiger partial charge in [-0.3, -0.25) is 14.4 Å². The van der Waals surface area contributed by atoms with Gasteiger partial charge in [-0.05, 0) is 25.1 Å².